The Kier molecular flexibility index (Phi) is 4.15. The van der Waals surface area contributed by atoms with Crippen molar-refractivity contribution in [1.82, 2.24) is 9.97 Å². The van der Waals surface area contributed by atoms with Gasteiger partial charge in [-0.15, -0.1) is 0 Å². The fourth-order valence-electron chi connectivity index (χ4n) is 3.90. The lowest BCUT2D eigenvalue weighted by molar-refractivity contribution is 0.0976. The van der Waals surface area contributed by atoms with Gasteiger partial charge in [0.1, 0.15) is 5.69 Å². The summed E-state index contributed by atoms with van der Waals surface area (Å²) in [5.41, 5.74) is 3.58. The Morgan fingerprint density at radius 1 is 1.12 bits per heavy atom. The van der Waals surface area contributed by atoms with Gasteiger partial charge in [0.15, 0.2) is 0 Å². The van der Waals surface area contributed by atoms with Crippen LogP contribution in [0.2, 0.25) is 0 Å². The highest BCUT2D eigenvalue weighted by Crippen LogP contribution is 2.33. The number of rotatable bonds is 2. The number of hydrogen-bond donors (Lipinski definition) is 0. The Balaban J connectivity index is 1.67. The molecule has 1 atom stereocenters. The van der Waals surface area contributed by atoms with E-state index in [0.717, 1.165) is 43.7 Å². The number of carbonyl (C=O) groups is 1. The summed E-state index contributed by atoms with van der Waals surface area (Å²) in [6, 6.07) is 10.1. The highest BCUT2D eigenvalue weighted by molar-refractivity contribution is 6.06. The second-order valence-corrected chi connectivity index (χ2v) is 7.10. The fourth-order valence-corrected chi connectivity index (χ4v) is 3.90. The van der Waals surface area contributed by atoms with Crippen LogP contribution in [0.5, 0.6) is 0 Å². The summed E-state index contributed by atoms with van der Waals surface area (Å²) in [7, 11) is 0. The summed E-state index contributed by atoms with van der Waals surface area (Å²) in [5.74, 6) is 0.671. The number of anilines is 2. The minimum Gasteiger partial charge on any atom is -0.341 e. The van der Waals surface area contributed by atoms with Crippen molar-refractivity contribution in [2.75, 3.05) is 22.9 Å². The molecule has 25 heavy (non-hydrogen) atoms. The molecule has 4 rings (SSSR count). The van der Waals surface area contributed by atoms with Crippen molar-refractivity contribution in [3.63, 3.8) is 0 Å². The smallest absolute Gasteiger partial charge is 0.277 e. The lowest BCUT2D eigenvalue weighted by atomic mass is 10.1. The predicted octanol–water partition coefficient (Wildman–Crippen LogP) is 3.37. The van der Waals surface area contributed by atoms with Crippen molar-refractivity contribution in [2.24, 2.45) is 0 Å². The van der Waals surface area contributed by atoms with Gasteiger partial charge in [0.25, 0.3) is 5.91 Å². The van der Waals surface area contributed by atoms with Crippen LogP contribution in [0.25, 0.3) is 0 Å². The van der Waals surface area contributed by atoms with Crippen molar-refractivity contribution in [1.29, 1.82) is 0 Å². The Hall–Kier alpha value is -2.43. The predicted molar refractivity (Wildman–Crippen MR) is 99.3 cm³/mol. The molecule has 1 aromatic carbocycles. The van der Waals surface area contributed by atoms with Crippen LogP contribution in [0.4, 0.5) is 11.6 Å². The third kappa shape index (κ3) is 2.99. The third-order valence-corrected chi connectivity index (χ3v) is 5.13. The molecule has 5 nitrogen and oxygen atoms in total. The van der Waals surface area contributed by atoms with E-state index in [1.807, 2.05) is 36.1 Å². The molecule has 0 spiro atoms. The molecule has 2 aliphatic heterocycles. The molecule has 1 amide bonds. The third-order valence-electron chi connectivity index (χ3n) is 5.13. The molecular weight excluding hydrogens is 312 g/mol. The maximum Gasteiger partial charge on any atom is 0.277 e. The summed E-state index contributed by atoms with van der Waals surface area (Å²) < 4.78 is 0. The molecule has 0 bridgehead atoms. The van der Waals surface area contributed by atoms with Gasteiger partial charge >= 0.3 is 0 Å². The second kappa shape index (κ2) is 6.47. The van der Waals surface area contributed by atoms with Gasteiger partial charge in [0.2, 0.25) is 5.95 Å². The van der Waals surface area contributed by atoms with Gasteiger partial charge in [-0.1, -0.05) is 18.2 Å². The van der Waals surface area contributed by atoms with Gasteiger partial charge in [-0.05, 0) is 57.2 Å². The van der Waals surface area contributed by atoms with Crippen LogP contribution in [0.3, 0.4) is 0 Å². The number of aromatic nitrogens is 2. The monoisotopic (exact) mass is 336 g/mol. The highest BCUT2D eigenvalue weighted by atomic mass is 16.2. The minimum absolute atomic E-state index is 0.0267. The van der Waals surface area contributed by atoms with E-state index in [1.54, 1.807) is 0 Å². The number of piperidine rings is 1. The number of carbonyl (C=O) groups excluding carboxylic acids is 1. The summed E-state index contributed by atoms with van der Waals surface area (Å²) in [5, 5.41) is 0. The van der Waals surface area contributed by atoms with E-state index in [9.17, 15) is 4.79 Å². The lowest BCUT2D eigenvalue weighted by Crippen LogP contribution is -2.37. The first-order chi connectivity index (χ1) is 12.1. The van der Waals surface area contributed by atoms with Crippen molar-refractivity contribution in [3.8, 4) is 0 Å². The number of nitrogens with zero attached hydrogens (tertiary/aromatic N) is 4. The Morgan fingerprint density at radius 3 is 2.68 bits per heavy atom. The maximum absolute atomic E-state index is 13.2. The zero-order valence-electron chi connectivity index (χ0n) is 14.9. The molecule has 5 heteroatoms. The molecule has 0 radical (unpaired) electrons. The average molecular weight is 336 g/mol. The molecule has 1 saturated heterocycles. The molecule has 0 aliphatic carbocycles. The number of benzene rings is 1. The van der Waals surface area contributed by atoms with Crippen LogP contribution in [-0.2, 0) is 6.42 Å². The van der Waals surface area contributed by atoms with E-state index in [2.05, 4.69) is 27.9 Å². The van der Waals surface area contributed by atoms with Crippen molar-refractivity contribution in [3.05, 3.63) is 47.3 Å². The Labute approximate surface area is 148 Å². The summed E-state index contributed by atoms with van der Waals surface area (Å²) in [6.45, 7) is 5.98. The molecule has 0 N–H and O–H groups in total. The molecule has 2 aliphatic rings. The van der Waals surface area contributed by atoms with Crippen LogP contribution >= 0.6 is 0 Å². The first kappa shape index (κ1) is 16.1. The number of hydrogen-bond acceptors (Lipinski definition) is 4. The van der Waals surface area contributed by atoms with Gasteiger partial charge < -0.3 is 9.80 Å². The topological polar surface area (TPSA) is 49.3 Å². The summed E-state index contributed by atoms with van der Waals surface area (Å²) in [4.78, 5) is 26.5. The highest BCUT2D eigenvalue weighted by Gasteiger charge is 2.32. The number of amides is 1. The zero-order chi connectivity index (χ0) is 17.4. The van der Waals surface area contributed by atoms with Gasteiger partial charge in [-0.2, -0.15) is 0 Å². The molecule has 1 aromatic heterocycles. The number of fused-ring (bicyclic) bond motifs is 1. The standard InChI is InChI=1S/C20H24N4O/c1-14-12-17(22-20(21-14)23-10-6-3-7-11-23)19(25)24-15(2)13-16-8-4-5-9-18(16)24/h4-5,8-9,12,15H,3,6-7,10-11,13H2,1-2H3. The fraction of sp³-hybridized carbons (Fsp3) is 0.450. The SMILES string of the molecule is Cc1cc(C(=O)N2c3ccccc3CC2C)nc(N2CCCCC2)n1. The molecule has 1 fully saturated rings. The first-order valence-electron chi connectivity index (χ1n) is 9.15. The Morgan fingerprint density at radius 2 is 1.88 bits per heavy atom. The maximum atomic E-state index is 13.2. The quantitative estimate of drug-likeness (QED) is 0.844. The lowest BCUT2D eigenvalue weighted by Gasteiger charge is -2.28. The number of para-hydroxylation sites is 1. The van der Waals surface area contributed by atoms with Crippen LogP contribution < -0.4 is 9.80 Å². The van der Waals surface area contributed by atoms with E-state index in [0.29, 0.717) is 11.6 Å². The van der Waals surface area contributed by atoms with Gasteiger partial charge in [0, 0.05) is 30.5 Å². The van der Waals surface area contributed by atoms with E-state index in [1.165, 1.54) is 12.0 Å². The molecule has 0 saturated carbocycles. The van der Waals surface area contributed by atoms with Gasteiger partial charge in [-0.25, -0.2) is 9.97 Å². The van der Waals surface area contributed by atoms with E-state index in [-0.39, 0.29) is 11.9 Å². The zero-order valence-corrected chi connectivity index (χ0v) is 14.9. The van der Waals surface area contributed by atoms with Crippen LogP contribution in [0, 0.1) is 6.92 Å². The minimum atomic E-state index is -0.0267. The second-order valence-electron chi connectivity index (χ2n) is 7.10. The van der Waals surface area contributed by atoms with Crippen molar-refractivity contribution >= 4 is 17.5 Å². The summed E-state index contributed by atoms with van der Waals surface area (Å²) in [6.07, 6.45) is 4.48. The van der Waals surface area contributed by atoms with Crippen LogP contribution in [-0.4, -0.2) is 35.0 Å². The average Bonchev–Trinajstić information content (AvgIpc) is 2.97. The normalized spacial score (nSPS) is 19.8. The molecule has 1 unspecified atom stereocenters. The first-order valence-corrected chi connectivity index (χ1v) is 9.15. The van der Waals surface area contributed by atoms with Crippen molar-refractivity contribution < 1.29 is 4.79 Å². The van der Waals surface area contributed by atoms with E-state index in [4.69, 9.17) is 0 Å². The molecular formula is C20H24N4O. The van der Waals surface area contributed by atoms with Crippen LogP contribution in [0.1, 0.15) is 47.9 Å². The largest absolute Gasteiger partial charge is 0.341 e. The summed E-state index contributed by atoms with van der Waals surface area (Å²) >= 11 is 0. The number of aryl methyl sites for hydroxylation is 1. The van der Waals surface area contributed by atoms with E-state index >= 15 is 0 Å². The van der Waals surface area contributed by atoms with Gasteiger partial charge in [-0.3, -0.25) is 4.79 Å². The van der Waals surface area contributed by atoms with Crippen LogP contribution in [0.15, 0.2) is 30.3 Å². The molecule has 130 valence electrons. The molecule has 2 aromatic rings. The molecule has 3 heterocycles. The van der Waals surface area contributed by atoms with Crippen molar-refractivity contribution in [2.45, 2.75) is 45.6 Å². The van der Waals surface area contributed by atoms with Gasteiger partial charge in [0.05, 0.1) is 0 Å². The van der Waals surface area contributed by atoms with E-state index < -0.39 is 0 Å². The Bertz CT molecular complexity index is 798.